The van der Waals surface area contributed by atoms with Crippen LogP contribution in [0.1, 0.15) is 17.1 Å². The topological polar surface area (TPSA) is 133 Å². The molecule has 3 N–H and O–H groups in total. The SMILES string of the molecule is Cc1ccccc1Nc1nc(N)nc(CSc2nnnn2Cc2ccco2)n1. The van der Waals surface area contributed by atoms with E-state index in [1.54, 1.807) is 10.9 Å². The van der Waals surface area contributed by atoms with Crippen molar-refractivity contribution in [2.75, 3.05) is 11.1 Å². The molecule has 0 saturated heterocycles. The van der Waals surface area contributed by atoms with E-state index in [0.29, 0.717) is 29.2 Å². The number of nitrogens with one attached hydrogen (secondary N) is 1. The van der Waals surface area contributed by atoms with Crippen LogP contribution in [0.15, 0.2) is 52.2 Å². The zero-order valence-corrected chi connectivity index (χ0v) is 15.8. The van der Waals surface area contributed by atoms with Gasteiger partial charge in [0, 0.05) is 5.69 Å². The van der Waals surface area contributed by atoms with Crippen molar-refractivity contribution in [3.05, 3.63) is 59.8 Å². The number of tetrazole rings is 1. The lowest BCUT2D eigenvalue weighted by Crippen LogP contribution is -2.07. The van der Waals surface area contributed by atoms with Crippen molar-refractivity contribution in [3.63, 3.8) is 0 Å². The van der Waals surface area contributed by atoms with E-state index in [1.807, 2.05) is 43.3 Å². The molecule has 10 nitrogen and oxygen atoms in total. The minimum Gasteiger partial charge on any atom is -0.467 e. The maximum absolute atomic E-state index is 5.85. The van der Waals surface area contributed by atoms with Crippen LogP contribution in [-0.2, 0) is 12.3 Å². The summed E-state index contributed by atoms with van der Waals surface area (Å²) < 4.78 is 6.99. The van der Waals surface area contributed by atoms with Gasteiger partial charge in [0.25, 0.3) is 0 Å². The number of aryl methyl sites for hydroxylation is 1. The summed E-state index contributed by atoms with van der Waals surface area (Å²) in [5.41, 5.74) is 7.84. The van der Waals surface area contributed by atoms with Gasteiger partial charge in [-0.1, -0.05) is 30.0 Å². The van der Waals surface area contributed by atoms with Gasteiger partial charge in [-0.05, 0) is 41.1 Å². The lowest BCUT2D eigenvalue weighted by molar-refractivity contribution is 0.462. The van der Waals surface area contributed by atoms with Gasteiger partial charge in [-0.15, -0.1) is 5.10 Å². The van der Waals surface area contributed by atoms with E-state index in [4.69, 9.17) is 10.2 Å². The molecule has 0 aliphatic rings. The van der Waals surface area contributed by atoms with Crippen LogP contribution in [0.3, 0.4) is 0 Å². The fourth-order valence-electron chi connectivity index (χ4n) is 2.47. The lowest BCUT2D eigenvalue weighted by atomic mass is 10.2. The fourth-order valence-corrected chi connectivity index (χ4v) is 3.20. The molecule has 1 aromatic carbocycles. The van der Waals surface area contributed by atoms with Gasteiger partial charge < -0.3 is 15.5 Å². The van der Waals surface area contributed by atoms with Crippen LogP contribution in [0.5, 0.6) is 0 Å². The van der Waals surface area contributed by atoms with Gasteiger partial charge in [-0.2, -0.15) is 15.0 Å². The summed E-state index contributed by atoms with van der Waals surface area (Å²) in [6.45, 7) is 2.45. The molecule has 0 unspecified atom stereocenters. The average molecular weight is 395 g/mol. The molecule has 4 aromatic rings. The molecule has 0 amide bonds. The fraction of sp³-hybridized carbons (Fsp3) is 0.176. The van der Waals surface area contributed by atoms with Crippen LogP contribution in [0.25, 0.3) is 0 Å². The Labute approximate surface area is 164 Å². The van der Waals surface area contributed by atoms with Crippen molar-refractivity contribution in [1.29, 1.82) is 0 Å². The number of hydrogen-bond donors (Lipinski definition) is 2. The van der Waals surface area contributed by atoms with Gasteiger partial charge in [0.15, 0.2) is 0 Å². The Bertz CT molecular complexity index is 1060. The van der Waals surface area contributed by atoms with E-state index < -0.39 is 0 Å². The number of anilines is 3. The van der Waals surface area contributed by atoms with Gasteiger partial charge in [0.2, 0.25) is 17.1 Å². The molecule has 0 aliphatic carbocycles. The highest BCUT2D eigenvalue weighted by atomic mass is 32.2. The molecular weight excluding hydrogens is 378 g/mol. The second kappa shape index (κ2) is 8.05. The number of nitrogens with two attached hydrogens (primary N) is 1. The third-order valence-electron chi connectivity index (χ3n) is 3.81. The van der Waals surface area contributed by atoms with Crippen molar-refractivity contribution in [3.8, 4) is 0 Å². The first-order valence-electron chi connectivity index (χ1n) is 8.42. The highest BCUT2D eigenvalue weighted by Crippen LogP contribution is 2.21. The van der Waals surface area contributed by atoms with E-state index in [9.17, 15) is 0 Å². The highest BCUT2D eigenvalue weighted by Gasteiger charge is 2.12. The van der Waals surface area contributed by atoms with Gasteiger partial charge in [0.1, 0.15) is 18.1 Å². The summed E-state index contributed by atoms with van der Waals surface area (Å²) in [7, 11) is 0. The molecule has 0 bridgehead atoms. The van der Waals surface area contributed by atoms with E-state index in [-0.39, 0.29) is 5.95 Å². The number of aromatic nitrogens is 7. The smallest absolute Gasteiger partial charge is 0.232 e. The number of nitrogen functional groups attached to an aromatic ring is 1. The molecule has 0 aliphatic heterocycles. The van der Waals surface area contributed by atoms with Gasteiger partial charge in [-0.25, -0.2) is 4.68 Å². The maximum atomic E-state index is 5.85. The zero-order valence-electron chi connectivity index (χ0n) is 15.0. The minimum absolute atomic E-state index is 0.150. The first kappa shape index (κ1) is 17.9. The van der Waals surface area contributed by atoms with E-state index in [1.165, 1.54) is 11.8 Å². The van der Waals surface area contributed by atoms with Crippen LogP contribution in [0.2, 0.25) is 0 Å². The molecule has 0 fully saturated rings. The first-order valence-corrected chi connectivity index (χ1v) is 9.40. The monoisotopic (exact) mass is 395 g/mol. The Morgan fingerprint density at radius 2 is 2.04 bits per heavy atom. The van der Waals surface area contributed by atoms with Gasteiger partial charge in [0.05, 0.1) is 12.0 Å². The molecule has 3 aromatic heterocycles. The quantitative estimate of drug-likeness (QED) is 0.449. The summed E-state index contributed by atoms with van der Waals surface area (Å²) in [5, 5.41) is 15.6. The number of furan rings is 1. The summed E-state index contributed by atoms with van der Waals surface area (Å²) in [5.74, 6) is 2.28. The number of para-hydroxylation sites is 1. The van der Waals surface area contributed by atoms with Crippen molar-refractivity contribution in [2.24, 2.45) is 0 Å². The summed E-state index contributed by atoms with van der Waals surface area (Å²) in [6, 6.07) is 11.6. The summed E-state index contributed by atoms with van der Waals surface area (Å²) in [4.78, 5) is 12.8. The van der Waals surface area contributed by atoms with Gasteiger partial charge in [-0.3, -0.25) is 0 Å². The highest BCUT2D eigenvalue weighted by molar-refractivity contribution is 7.98. The molecule has 3 heterocycles. The molecule has 0 saturated carbocycles. The van der Waals surface area contributed by atoms with E-state index in [2.05, 4.69) is 35.8 Å². The summed E-state index contributed by atoms with van der Waals surface area (Å²) in [6.07, 6.45) is 1.61. The Balaban J connectivity index is 1.46. The Kier molecular flexibility index (Phi) is 5.15. The van der Waals surface area contributed by atoms with Crippen molar-refractivity contribution in [1.82, 2.24) is 35.2 Å². The average Bonchev–Trinajstić information content (AvgIpc) is 3.34. The van der Waals surface area contributed by atoms with E-state index in [0.717, 1.165) is 17.0 Å². The predicted molar refractivity (Wildman–Crippen MR) is 104 cm³/mol. The Morgan fingerprint density at radius 1 is 1.14 bits per heavy atom. The molecule has 4 rings (SSSR count). The maximum Gasteiger partial charge on any atom is 0.232 e. The second-order valence-corrected chi connectivity index (χ2v) is 6.80. The number of benzene rings is 1. The van der Waals surface area contributed by atoms with Gasteiger partial charge >= 0.3 is 0 Å². The van der Waals surface area contributed by atoms with Crippen LogP contribution >= 0.6 is 11.8 Å². The van der Waals surface area contributed by atoms with Crippen LogP contribution in [0, 0.1) is 6.92 Å². The normalized spacial score (nSPS) is 10.9. The minimum atomic E-state index is 0.150. The van der Waals surface area contributed by atoms with E-state index >= 15 is 0 Å². The molecule has 11 heteroatoms. The first-order chi connectivity index (χ1) is 13.7. The molecular formula is C17H17N9OS. The number of thioether (sulfide) groups is 1. The third-order valence-corrected chi connectivity index (χ3v) is 4.76. The van der Waals surface area contributed by atoms with Crippen molar-refractivity contribution >= 4 is 29.3 Å². The Morgan fingerprint density at radius 3 is 2.86 bits per heavy atom. The van der Waals surface area contributed by atoms with Crippen LogP contribution < -0.4 is 11.1 Å². The lowest BCUT2D eigenvalue weighted by Gasteiger charge is -2.09. The predicted octanol–water partition coefficient (Wildman–Crippen LogP) is 2.43. The molecule has 142 valence electrons. The van der Waals surface area contributed by atoms with Crippen molar-refractivity contribution in [2.45, 2.75) is 24.4 Å². The Hall–Kier alpha value is -3.47. The molecule has 0 atom stereocenters. The standard InChI is InChI=1S/C17H17N9OS/c1-11-5-2-3-7-13(11)19-16-21-14(20-15(18)22-16)10-28-17-23-24-25-26(17)9-12-6-4-8-27-12/h2-8H,9-10H2,1H3,(H3,18,19,20,21,22). The zero-order chi connectivity index (χ0) is 19.3. The largest absolute Gasteiger partial charge is 0.467 e. The number of nitrogens with zero attached hydrogens (tertiary/aromatic N) is 7. The van der Waals surface area contributed by atoms with Crippen molar-refractivity contribution < 1.29 is 4.42 Å². The number of rotatable bonds is 7. The van der Waals surface area contributed by atoms with Crippen LogP contribution in [0.4, 0.5) is 17.6 Å². The second-order valence-electron chi connectivity index (χ2n) is 5.86. The molecule has 28 heavy (non-hydrogen) atoms. The molecule has 0 radical (unpaired) electrons. The number of hydrogen-bond acceptors (Lipinski definition) is 10. The van der Waals surface area contributed by atoms with Crippen LogP contribution in [-0.4, -0.2) is 35.2 Å². The third kappa shape index (κ3) is 4.26. The summed E-state index contributed by atoms with van der Waals surface area (Å²) >= 11 is 1.40. The molecule has 0 spiro atoms.